The average molecular weight is 286 g/mol. The number of likely N-dealkylation sites (tertiary alicyclic amines) is 1. The average Bonchev–Trinajstić information content (AvgIpc) is 2.83. The molecule has 0 radical (unpaired) electrons. The lowest BCUT2D eigenvalue weighted by Crippen LogP contribution is -2.30. The van der Waals surface area contributed by atoms with Crippen molar-refractivity contribution in [2.75, 3.05) is 13.1 Å². The zero-order valence-electron chi connectivity index (χ0n) is 10.9. The van der Waals surface area contributed by atoms with Crippen LogP contribution in [0.5, 0.6) is 0 Å². The highest BCUT2D eigenvalue weighted by Crippen LogP contribution is 2.20. The van der Waals surface area contributed by atoms with Gasteiger partial charge in [-0.3, -0.25) is 14.3 Å². The number of hydrogen-bond acceptors (Lipinski definition) is 3. The number of carboxylic acid groups (broad SMARTS) is 1. The second-order valence-electron chi connectivity index (χ2n) is 4.79. The van der Waals surface area contributed by atoms with E-state index < -0.39 is 11.9 Å². The van der Waals surface area contributed by atoms with Gasteiger partial charge in [0.05, 0.1) is 28.9 Å². The molecule has 2 heterocycles. The molecule has 0 unspecified atom stereocenters. The summed E-state index contributed by atoms with van der Waals surface area (Å²) < 4.78 is 1.75. The van der Waals surface area contributed by atoms with Crippen LogP contribution in [-0.2, 0) is 16.1 Å². The van der Waals surface area contributed by atoms with Gasteiger partial charge >= 0.3 is 5.97 Å². The van der Waals surface area contributed by atoms with Crippen LogP contribution >= 0.6 is 11.6 Å². The molecule has 1 aliphatic rings. The Labute approximate surface area is 115 Å². The van der Waals surface area contributed by atoms with E-state index in [2.05, 4.69) is 5.10 Å². The summed E-state index contributed by atoms with van der Waals surface area (Å²) in [7, 11) is 0. The van der Waals surface area contributed by atoms with Gasteiger partial charge in [0.15, 0.2) is 0 Å². The molecule has 7 heteroatoms. The summed E-state index contributed by atoms with van der Waals surface area (Å²) in [6.07, 6.45) is 0.0905. The molecule has 0 saturated carbocycles. The Morgan fingerprint density at radius 2 is 2.16 bits per heavy atom. The Morgan fingerprint density at radius 1 is 1.47 bits per heavy atom. The highest BCUT2D eigenvalue weighted by molar-refractivity contribution is 6.31. The van der Waals surface area contributed by atoms with Crippen molar-refractivity contribution in [2.45, 2.75) is 26.8 Å². The van der Waals surface area contributed by atoms with Crippen molar-refractivity contribution in [2.24, 2.45) is 5.92 Å². The van der Waals surface area contributed by atoms with Crippen molar-refractivity contribution < 1.29 is 14.7 Å². The van der Waals surface area contributed by atoms with Crippen LogP contribution in [0.1, 0.15) is 17.8 Å². The zero-order valence-corrected chi connectivity index (χ0v) is 11.6. The topological polar surface area (TPSA) is 75.4 Å². The second-order valence-corrected chi connectivity index (χ2v) is 5.16. The molecule has 1 amide bonds. The Hall–Kier alpha value is -1.56. The number of nitrogens with zero attached hydrogens (tertiary/aromatic N) is 3. The first-order valence-electron chi connectivity index (χ1n) is 6.10. The third-order valence-electron chi connectivity index (χ3n) is 3.44. The highest BCUT2D eigenvalue weighted by atomic mass is 35.5. The monoisotopic (exact) mass is 285 g/mol. The van der Waals surface area contributed by atoms with Crippen molar-refractivity contribution in [1.82, 2.24) is 14.7 Å². The lowest BCUT2D eigenvalue weighted by atomic mass is 10.1. The molecule has 0 spiro atoms. The smallest absolute Gasteiger partial charge is 0.308 e. The summed E-state index contributed by atoms with van der Waals surface area (Å²) in [6, 6.07) is 0. The van der Waals surface area contributed by atoms with E-state index in [1.807, 2.05) is 13.8 Å². The number of hydrogen-bond donors (Lipinski definition) is 1. The van der Waals surface area contributed by atoms with E-state index >= 15 is 0 Å². The molecular formula is C12H16ClN3O3. The molecule has 1 atom stereocenters. The van der Waals surface area contributed by atoms with Crippen LogP contribution < -0.4 is 0 Å². The van der Waals surface area contributed by atoms with Crippen LogP contribution in [0.3, 0.4) is 0 Å². The van der Waals surface area contributed by atoms with E-state index in [1.165, 1.54) is 0 Å². The fourth-order valence-electron chi connectivity index (χ4n) is 2.26. The summed E-state index contributed by atoms with van der Waals surface area (Å²) in [4.78, 5) is 24.1. The van der Waals surface area contributed by atoms with Crippen molar-refractivity contribution in [3.05, 3.63) is 16.4 Å². The molecule has 0 aromatic carbocycles. The van der Waals surface area contributed by atoms with E-state index in [1.54, 1.807) is 9.58 Å². The number of carbonyl (C=O) groups excluding carboxylic acids is 1. The van der Waals surface area contributed by atoms with Crippen LogP contribution in [-0.4, -0.2) is 44.8 Å². The number of aliphatic carboxylic acids is 1. The second kappa shape index (κ2) is 5.21. The minimum absolute atomic E-state index is 0.0905. The summed E-state index contributed by atoms with van der Waals surface area (Å²) in [6.45, 7) is 4.96. The van der Waals surface area contributed by atoms with Crippen LogP contribution in [0, 0.1) is 19.8 Å². The first-order chi connectivity index (χ1) is 8.90. The van der Waals surface area contributed by atoms with Gasteiger partial charge in [-0.15, -0.1) is 0 Å². The van der Waals surface area contributed by atoms with Gasteiger partial charge < -0.3 is 10.0 Å². The highest BCUT2D eigenvalue weighted by Gasteiger charge is 2.33. The molecule has 6 nitrogen and oxygen atoms in total. The number of aromatic nitrogens is 2. The molecule has 0 bridgehead atoms. The fraction of sp³-hybridized carbons (Fsp3) is 0.583. The summed E-state index contributed by atoms with van der Waals surface area (Å²) in [5.74, 6) is -1.61. The minimum atomic E-state index is -0.912. The third-order valence-corrected chi connectivity index (χ3v) is 3.99. The number of aryl methyl sites for hydroxylation is 1. The lowest BCUT2D eigenvalue weighted by molar-refractivity contribution is -0.141. The van der Waals surface area contributed by atoms with Gasteiger partial charge in [-0.25, -0.2) is 0 Å². The molecular weight excluding hydrogens is 270 g/mol. The number of halogens is 1. The summed E-state index contributed by atoms with van der Waals surface area (Å²) in [5.41, 5.74) is 1.62. The number of carbonyl (C=O) groups is 2. The Balaban J connectivity index is 1.98. The maximum Gasteiger partial charge on any atom is 0.308 e. The van der Waals surface area contributed by atoms with E-state index in [0.717, 1.165) is 11.4 Å². The maximum atomic E-state index is 11.7. The first kappa shape index (κ1) is 13.9. The van der Waals surface area contributed by atoms with Gasteiger partial charge in [-0.1, -0.05) is 11.6 Å². The van der Waals surface area contributed by atoms with Crippen molar-refractivity contribution in [3.63, 3.8) is 0 Å². The zero-order chi connectivity index (χ0) is 14.2. The summed E-state index contributed by atoms with van der Waals surface area (Å²) >= 11 is 6.05. The predicted octanol–water partition coefficient (Wildman–Crippen LogP) is 1.09. The van der Waals surface area contributed by atoms with E-state index in [9.17, 15) is 9.59 Å². The largest absolute Gasteiger partial charge is 0.481 e. The minimum Gasteiger partial charge on any atom is -0.481 e. The van der Waals surface area contributed by atoms with Crippen molar-refractivity contribution in [3.8, 4) is 0 Å². The molecule has 104 valence electrons. The van der Waals surface area contributed by atoms with Crippen LogP contribution in [0.25, 0.3) is 0 Å². The molecule has 1 aromatic heterocycles. The molecule has 0 aliphatic carbocycles. The predicted molar refractivity (Wildman–Crippen MR) is 69.0 cm³/mol. The Bertz CT molecular complexity index is 527. The third kappa shape index (κ3) is 2.73. The quantitative estimate of drug-likeness (QED) is 0.898. The van der Waals surface area contributed by atoms with Crippen molar-refractivity contribution >= 4 is 23.5 Å². The number of rotatable bonds is 4. The number of amides is 1. The van der Waals surface area contributed by atoms with Gasteiger partial charge in [-0.05, 0) is 13.8 Å². The van der Waals surface area contributed by atoms with Gasteiger partial charge in [0.2, 0.25) is 5.91 Å². The van der Waals surface area contributed by atoms with Gasteiger partial charge in [0, 0.05) is 19.5 Å². The Morgan fingerprint density at radius 3 is 2.63 bits per heavy atom. The van der Waals surface area contributed by atoms with E-state index in [4.69, 9.17) is 16.7 Å². The molecule has 19 heavy (non-hydrogen) atoms. The van der Waals surface area contributed by atoms with Gasteiger partial charge in [-0.2, -0.15) is 5.10 Å². The number of carboxylic acids is 1. The molecule has 1 fully saturated rings. The normalized spacial score (nSPS) is 19.2. The molecule has 1 saturated heterocycles. The van der Waals surface area contributed by atoms with Crippen LogP contribution in [0.15, 0.2) is 0 Å². The van der Waals surface area contributed by atoms with Gasteiger partial charge in [0.1, 0.15) is 0 Å². The molecule has 1 aromatic rings. The maximum absolute atomic E-state index is 11.7. The SMILES string of the molecule is Cc1nn(CCN2C[C@@H](C(=O)O)CC2=O)c(C)c1Cl. The summed E-state index contributed by atoms with van der Waals surface area (Å²) in [5, 5.41) is 13.8. The Kier molecular flexibility index (Phi) is 3.80. The van der Waals surface area contributed by atoms with Crippen LogP contribution in [0.2, 0.25) is 5.02 Å². The standard InChI is InChI=1S/C12H16ClN3O3/c1-7-11(13)8(2)16(14-7)4-3-15-6-9(12(18)19)5-10(15)17/h9H,3-6H2,1-2H3,(H,18,19)/t9-/m0/s1. The molecule has 1 N–H and O–H groups in total. The molecule has 2 rings (SSSR count). The fourth-order valence-corrected chi connectivity index (χ4v) is 2.40. The van der Waals surface area contributed by atoms with Crippen molar-refractivity contribution in [1.29, 1.82) is 0 Å². The molecule has 1 aliphatic heterocycles. The van der Waals surface area contributed by atoms with E-state index in [0.29, 0.717) is 18.1 Å². The van der Waals surface area contributed by atoms with E-state index in [-0.39, 0.29) is 18.9 Å². The lowest BCUT2D eigenvalue weighted by Gasteiger charge is -2.16. The van der Waals surface area contributed by atoms with Crippen LogP contribution in [0.4, 0.5) is 0 Å². The first-order valence-corrected chi connectivity index (χ1v) is 6.48. The van der Waals surface area contributed by atoms with Gasteiger partial charge in [0.25, 0.3) is 0 Å².